The third kappa shape index (κ3) is 2.52. The number of urea groups is 1. The fourth-order valence-corrected chi connectivity index (χ4v) is 0.359. The Balaban J connectivity index is 2.99. The number of hydrogen-bond acceptors (Lipinski definition) is 1. The number of nitrogens with one attached hydrogen (secondary N) is 2. The molecular weight excluding hydrogens is 218 g/mol. The summed E-state index contributed by atoms with van der Waals surface area (Å²) in [5, 5.41) is 0. The molecule has 0 spiro atoms. The standard InChI is InChI=1S/CH2ClIN2O/c2-4-1(6)5-3/h(H2,4,5,6). The first-order chi connectivity index (χ1) is 2.81. The summed E-state index contributed by atoms with van der Waals surface area (Å²) >= 11 is 6.45. The van der Waals surface area contributed by atoms with Crippen LogP contribution >= 0.6 is 34.6 Å². The zero-order valence-electron chi connectivity index (χ0n) is 2.66. The number of carbonyl (C=O) groups is 1. The van der Waals surface area contributed by atoms with Crippen LogP contribution in [0.25, 0.3) is 0 Å². The average Bonchev–Trinajstić information content (AvgIpc) is 1.65. The topological polar surface area (TPSA) is 41.1 Å². The lowest BCUT2D eigenvalue weighted by molar-refractivity contribution is 0.252. The van der Waals surface area contributed by atoms with E-state index >= 15 is 0 Å². The minimum absolute atomic E-state index is 0.405. The van der Waals surface area contributed by atoms with Crippen molar-refractivity contribution in [3.8, 4) is 0 Å². The van der Waals surface area contributed by atoms with Crippen molar-refractivity contribution >= 4 is 40.7 Å². The van der Waals surface area contributed by atoms with Gasteiger partial charge < -0.3 is 0 Å². The molecule has 6 heavy (non-hydrogen) atoms. The van der Waals surface area contributed by atoms with E-state index < -0.39 is 6.03 Å². The molecular formula is CH2ClIN2O. The number of amides is 2. The van der Waals surface area contributed by atoms with Gasteiger partial charge in [0.1, 0.15) is 0 Å². The summed E-state index contributed by atoms with van der Waals surface area (Å²) in [6, 6.07) is -0.405. The second-order valence-electron chi connectivity index (χ2n) is 0.518. The Morgan fingerprint density at radius 2 is 2.33 bits per heavy atom. The van der Waals surface area contributed by atoms with Gasteiger partial charge in [0.15, 0.2) is 0 Å². The molecule has 0 saturated carbocycles. The van der Waals surface area contributed by atoms with E-state index in [1.54, 1.807) is 22.9 Å². The van der Waals surface area contributed by atoms with Crippen molar-refractivity contribution in [2.24, 2.45) is 0 Å². The maximum atomic E-state index is 9.82. The summed E-state index contributed by atoms with van der Waals surface area (Å²) in [4.78, 5) is 11.6. The van der Waals surface area contributed by atoms with E-state index in [1.807, 2.05) is 4.84 Å². The predicted molar refractivity (Wildman–Crippen MR) is 31.5 cm³/mol. The fraction of sp³-hybridized carbons (Fsp3) is 0. The van der Waals surface area contributed by atoms with E-state index in [2.05, 4.69) is 3.53 Å². The molecule has 0 aromatic carbocycles. The molecule has 0 saturated heterocycles. The summed E-state index contributed by atoms with van der Waals surface area (Å²) in [7, 11) is 0. The normalized spacial score (nSPS) is 7.00. The SMILES string of the molecule is O=C(NCl)NI. The molecule has 0 aliphatic heterocycles. The van der Waals surface area contributed by atoms with E-state index in [4.69, 9.17) is 11.8 Å². The van der Waals surface area contributed by atoms with Gasteiger partial charge in [-0.25, -0.2) is 9.63 Å². The molecule has 0 fully saturated rings. The zero-order chi connectivity index (χ0) is 4.99. The van der Waals surface area contributed by atoms with Crippen LogP contribution < -0.4 is 8.37 Å². The number of carbonyl (C=O) groups excluding carboxylic acids is 1. The van der Waals surface area contributed by atoms with Gasteiger partial charge in [-0.05, 0) is 0 Å². The van der Waals surface area contributed by atoms with E-state index in [-0.39, 0.29) is 0 Å². The summed E-state index contributed by atoms with van der Waals surface area (Å²) in [5.41, 5.74) is 0. The molecule has 0 atom stereocenters. The summed E-state index contributed by atoms with van der Waals surface area (Å²) in [6.45, 7) is 0. The third-order valence-corrected chi connectivity index (χ3v) is 0.833. The molecule has 0 unspecified atom stereocenters. The zero-order valence-corrected chi connectivity index (χ0v) is 5.58. The number of halogens is 2. The van der Waals surface area contributed by atoms with Crippen LogP contribution in [0.4, 0.5) is 4.79 Å². The summed E-state index contributed by atoms with van der Waals surface area (Å²) in [6.07, 6.45) is 0. The third-order valence-electron chi connectivity index (χ3n) is 0.172. The lowest BCUT2D eigenvalue weighted by Crippen LogP contribution is -2.20. The monoisotopic (exact) mass is 220 g/mol. The van der Waals surface area contributed by atoms with Crippen molar-refractivity contribution in [2.45, 2.75) is 0 Å². The van der Waals surface area contributed by atoms with E-state index in [0.717, 1.165) is 0 Å². The van der Waals surface area contributed by atoms with E-state index in [9.17, 15) is 4.79 Å². The highest BCUT2D eigenvalue weighted by molar-refractivity contribution is 14.1. The van der Waals surface area contributed by atoms with Crippen molar-refractivity contribution in [1.82, 2.24) is 8.37 Å². The van der Waals surface area contributed by atoms with Crippen LogP contribution in [0.1, 0.15) is 0 Å². The maximum absolute atomic E-state index is 9.82. The molecule has 2 N–H and O–H groups in total. The predicted octanol–water partition coefficient (Wildman–Crippen LogP) is 0.789. The minimum Gasteiger partial charge on any atom is -0.279 e. The highest BCUT2D eigenvalue weighted by Crippen LogP contribution is 1.70. The first-order valence-electron chi connectivity index (χ1n) is 1.08. The van der Waals surface area contributed by atoms with Gasteiger partial charge in [0, 0.05) is 11.8 Å². The molecule has 0 aromatic heterocycles. The van der Waals surface area contributed by atoms with Gasteiger partial charge in [0.05, 0.1) is 22.9 Å². The van der Waals surface area contributed by atoms with Crippen LogP contribution in [-0.2, 0) is 0 Å². The molecule has 0 heterocycles. The van der Waals surface area contributed by atoms with Crippen molar-refractivity contribution in [3.63, 3.8) is 0 Å². The highest BCUT2D eigenvalue weighted by Gasteiger charge is 1.85. The van der Waals surface area contributed by atoms with Crippen molar-refractivity contribution in [2.75, 3.05) is 0 Å². The maximum Gasteiger partial charge on any atom is 0.338 e. The van der Waals surface area contributed by atoms with Crippen LogP contribution in [-0.4, -0.2) is 6.03 Å². The molecule has 36 valence electrons. The molecule has 0 aromatic rings. The quantitative estimate of drug-likeness (QED) is 0.460. The molecule has 0 aliphatic rings. The summed E-state index contributed by atoms with van der Waals surface area (Å²) < 4.78 is 2.20. The van der Waals surface area contributed by atoms with Crippen LogP contribution in [0.5, 0.6) is 0 Å². The van der Waals surface area contributed by atoms with Crippen LogP contribution in [0.15, 0.2) is 0 Å². The van der Waals surface area contributed by atoms with Crippen molar-refractivity contribution in [1.29, 1.82) is 0 Å². The van der Waals surface area contributed by atoms with Gasteiger partial charge >= 0.3 is 6.03 Å². The minimum atomic E-state index is -0.405. The first-order valence-corrected chi connectivity index (χ1v) is 2.54. The van der Waals surface area contributed by atoms with Gasteiger partial charge in [-0.1, -0.05) is 0 Å². The molecule has 0 radical (unpaired) electrons. The van der Waals surface area contributed by atoms with Crippen LogP contribution in [0, 0.1) is 0 Å². The fourth-order valence-electron chi connectivity index (χ4n) is 0.0179. The Hall–Kier alpha value is 0.290. The van der Waals surface area contributed by atoms with Gasteiger partial charge in [0.25, 0.3) is 0 Å². The lowest BCUT2D eigenvalue weighted by Gasteiger charge is -1.85. The molecule has 0 rings (SSSR count). The Kier molecular flexibility index (Phi) is 3.65. The van der Waals surface area contributed by atoms with Crippen LogP contribution in [0.2, 0.25) is 0 Å². The highest BCUT2D eigenvalue weighted by atomic mass is 127. The molecule has 3 nitrogen and oxygen atoms in total. The van der Waals surface area contributed by atoms with Gasteiger partial charge in [-0.2, -0.15) is 0 Å². The lowest BCUT2D eigenvalue weighted by atomic mass is 11.2. The second-order valence-corrected chi connectivity index (χ2v) is 1.25. The van der Waals surface area contributed by atoms with Gasteiger partial charge in [0.2, 0.25) is 0 Å². The molecule has 0 bridgehead atoms. The largest absolute Gasteiger partial charge is 0.338 e. The van der Waals surface area contributed by atoms with Crippen molar-refractivity contribution < 1.29 is 4.79 Å². The number of rotatable bonds is 0. The summed E-state index contributed by atoms with van der Waals surface area (Å²) in [5.74, 6) is 0. The Bertz CT molecular complexity index is 51.5. The Labute approximate surface area is 54.0 Å². The van der Waals surface area contributed by atoms with Gasteiger partial charge in [-0.15, -0.1) is 0 Å². The molecule has 0 aliphatic carbocycles. The van der Waals surface area contributed by atoms with Crippen LogP contribution in [0.3, 0.4) is 0 Å². The average molecular weight is 220 g/mol. The molecule has 5 heteroatoms. The smallest absolute Gasteiger partial charge is 0.279 e. The Morgan fingerprint density at radius 1 is 1.83 bits per heavy atom. The van der Waals surface area contributed by atoms with E-state index in [0.29, 0.717) is 0 Å². The second kappa shape index (κ2) is 3.48. The first kappa shape index (κ1) is 6.29. The van der Waals surface area contributed by atoms with Gasteiger partial charge in [-0.3, -0.25) is 3.53 Å². The van der Waals surface area contributed by atoms with Crippen molar-refractivity contribution in [3.05, 3.63) is 0 Å². The Morgan fingerprint density at radius 3 is 2.33 bits per heavy atom. The van der Waals surface area contributed by atoms with E-state index in [1.165, 1.54) is 0 Å². The number of hydrogen-bond donors (Lipinski definition) is 2. The molecule has 2 amide bonds.